The Labute approximate surface area is 103 Å². The maximum atomic E-state index is 11.6. The third kappa shape index (κ3) is 3.21. The SMILES string of the molecule is CNC(=O)CCNC(=O)c1scc(C)c1Cl. The molecular weight excluding hydrogens is 248 g/mol. The number of carbonyl (C=O) groups is 2. The second-order valence-electron chi connectivity index (χ2n) is 3.24. The molecule has 88 valence electrons. The minimum absolute atomic E-state index is 0.103. The monoisotopic (exact) mass is 260 g/mol. The zero-order valence-electron chi connectivity index (χ0n) is 9.09. The molecule has 2 N–H and O–H groups in total. The highest BCUT2D eigenvalue weighted by atomic mass is 35.5. The van der Waals surface area contributed by atoms with Gasteiger partial charge < -0.3 is 10.6 Å². The Hall–Kier alpha value is -1.07. The van der Waals surface area contributed by atoms with Crippen molar-refractivity contribution in [3.05, 3.63) is 20.8 Å². The predicted molar refractivity (Wildman–Crippen MR) is 65.1 cm³/mol. The number of rotatable bonds is 4. The van der Waals surface area contributed by atoms with Crippen molar-refractivity contribution in [2.75, 3.05) is 13.6 Å². The molecule has 2 amide bonds. The first-order chi connectivity index (χ1) is 7.56. The molecule has 0 saturated carbocycles. The fourth-order valence-corrected chi connectivity index (χ4v) is 2.27. The molecule has 0 aromatic carbocycles. The topological polar surface area (TPSA) is 58.2 Å². The largest absolute Gasteiger partial charge is 0.359 e. The third-order valence-corrected chi connectivity index (χ3v) is 3.72. The average Bonchev–Trinajstić information content (AvgIpc) is 2.59. The lowest BCUT2D eigenvalue weighted by molar-refractivity contribution is -0.120. The van der Waals surface area contributed by atoms with Gasteiger partial charge in [-0.1, -0.05) is 11.6 Å². The number of amides is 2. The number of thiophene rings is 1. The van der Waals surface area contributed by atoms with Gasteiger partial charge in [0, 0.05) is 20.0 Å². The van der Waals surface area contributed by atoms with Gasteiger partial charge in [0.1, 0.15) is 4.88 Å². The first-order valence-electron chi connectivity index (χ1n) is 4.78. The average molecular weight is 261 g/mol. The van der Waals surface area contributed by atoms with Gasteiger partial charge in [-0.05, 0) is 17.9 Å². The van der Waals surface area contributed by atoms with Crippen LogP contribution >= 0.6 is 22.9 Å². The molecule has 6 heteroatoms. The van der Waals surface area contributed by atoms with Gasteiger partial charge in [-0.15, -0.1) is 11.3 Å². The number of nitrogens with one attached hydrogen (secondary N) is 2. The molecule has 0 aliphatic rings. The molecule has 4 nitrogen and oxygen atoms in total. The fourth-order valence-electron chi connectivity index (χ4n) is 1.08. The summed E-state index contributed by atoms with van der Waals surface area (Å²) in [6.45, 7) is 2.16. The molecule has 0 unspecified atom stereocenters. The number of carbonyl (C=O) groups excluding carboxylic acids is 2. The Bertz CT molecular complexity index is 404. The van der Waals surface area contributed by atoms with Crippen molar-refractivity contribution in [1.29, 1.82) is 0 Å². The predicted octanol–water partition coefficient (Wildman–Crippen LogP) is 1.58. The molecule has 1 aromatic rings. The molecule has 16 heavy (non-hydrogen) atoms. The van der Waals surface area contributed by atoms with Gasteiger partial charge in [0.25, 0.3) is 5.91 Å². The first kappa shape index (κ1) is 13.0. The second-order valence-corrected chi connectivity index (χ2v) is 4.50. The summed E-state index contributed by atoms with van der Waals surface area (Å²) in [5, 5.41) is 7.44. The molecule has 0 radical (unpaired) electrons. The van der Waals surface area contributed by atoms with E-state index in [4.69, 9.17) is 11.6 Å². The van der Waals surface area contributed by atoms with E-state index in [1.165, 1.54) is 11.3 Å². The zero-order valence-corrected chi connectivity index (χ0v) is 10.7. The Morgan fingerprint density at radius 2 is 2.19 bits per heavy atom. The summed E-state index contributed by atoms with van der Waals surface area (Å²) in [5.74, 6) is -0.333. The molecule has 0 fully saturated rings. The van der Waals surface area contributed by atoms with Crippen LogP contribution in [0.2, 0.25) is 5.02 Å². The Morgan fingerprint density at radius 1 is 1.50 bits per heavy atom. The van der Waals surface area contributed by atoms with Crippen LogP contribution in [0.5, 0.6) is 0 Å². The van der Waals surface area contributed by atoms with Gasteiger partial charge in [-0.25, -0.2) is 0 Å². The summed E-state index contributed by atoms with van der Waals surface area (Å²) in [6, 6.07) is 0. The van der Waals surface area contributed by atoms with Gasteiger partial charge >= 0.3 is 0 Å². The maximum absolute atomic E-state index is 11.6. The molecule has 0 atom stereocenters. The first-order valence-corrected chi connectivity index (χ1v) is 6.04. The summed E-state index contributed by atoms with van der Waals surface area (Å²) in [6.07, 6.45) is 0.268. The van der Waals surface area contributed by atoms with Gasteiger partial charge in [-0.2, -0.15) is 0 Å². The number of aryl methyl sites for hydroxylation is 1. The minimum atomic E-state index is -0.230. The lowest BCUT2D eigenvalue weighted by Gasteiger charge is -2.03. The smallest absolute Gasteiger partial charge is 0.262 e. The van der Waals surface area contributed by atoms with E-state index in [1.54, 1.807) is 7.05 Å². The molecule has 0 aliphatic heterocycles. The van der Waals surface area contributed by atoms with E-state index >= 15 is 0 Å². The molecule has 0 aliphatic carbocycles. The van der Waals surface area contributed by atoms with E-state index in [2.05, 4.69) is 10.6 Å². The molecule has 0 spiro atoms. The van der Waals surface area contributed by atoms with Crippen molar-refractivity contribution in [3.63, 3.8) is 0 Å². The second kappa shape index (κ2) is 5.86. The van der Waals surface area contributed by atoms with Gasteiger partial charge in [0.15, 0.2) is 0 Å². The number of halogens is 1. The van der Waals surface area contributed by atoms with E-state index in [1.807, 2.05) is 12.3 Å². The minimum Gasteiger partial charge on any atom is -0.359 e. The highest BCUT2D eigenvalue weighted by molar-refractivity contribution is 7.13. The van der Waals surface area contributed by atoms with Crippen LogP contribution in [0.1, 0.15) is 21.7 Å². The van der Waals surface area contributed by atoms with Crippen molar-refractivity contribution >= 4 is 34.8 Å². The van der Waals surface area contributed by atoms with E-state index in [0.29, 0.717) is 16.4 Å². The van der Waals surface area contributed by atoms with Gasteiger partial charge in [-0.3, -0.25) is 9.59 Å². The lowest BCUT2D eigenvalue weighted by atomic mass is 10.3. The van der Waals surface area contributed by atoms with E-state index in [-0.39, 0.29) is 18.2 Å². The van der Waals surface area contributed by atoms with Crippen LogP contribution in [0.3, 0.4) is 0 Å². The molecule has 0 saturated heterocycles. The van der Waals surface area contributed by atoms with Crippen LogP contribution in [0.15, 0.2) is 5.38 Å². The Balaban J connectivity index is 2.47. The van der Waals surface area contributed by atoms with Crippen molar-refractivity contribution in [1.82, 2.24) is 10.6 Å². The number of hydrogen-bond acceptors (Lipinski definition) is 3. The lowest BCUT2D eigenvalue weighted by Crippen LogP contribution is -2.28. The van der Waals surface area contributed by atoms with Crippen LogP contribution in [0.4, 0.5) is 0 Å². The number of hydrogen-bond donors (Lipinski definition) is 2. The van der Waals surface area contributed by atoms with Gasteiger partial charge in [0.05, 0.1) is 5.02 Å². The third-order valence-electron chi connectivity index (χ3n) is 2.02. The summed E-state index contributed by atoms with van der Waals surface area (Å²) in [7, 11) is 1.56. The molecular formula is C10H13ClN2O2S. The Kier molecular flexibility index (Phi) is 4.76. The zero-order chi connectivity index (χ0) is 12.1. The van der Waals surface area contributed by atoms with Crippen LogP contribution in [-0.4, -0.2) is 25.4 Å². The normalized spacial score (nSPS) is 9.94. The summed E-state index contributed by atoms with van der Waals surface area (Å²) in [4.78, 5) is 23.0. The van der Waals surface area contributed by atoms with Crippen LogP contribution in [0, 0.1) is 6.92 Å². The highest BCUT2D eigenvalue weighted by Crippen LogP contribution is 2.26. The van der Waals surface area contributed by atoms with E-state index in [9.17, 15) is 9.59 Å². The van der Waals surface area contributed by atoms with Crippen molar-refractivity contribution in [2.24, 2.45) is 0 Å². The van der Waals surface area contributed by atoms with Crippen LogP contribution in [0.25, 0.3) is 0 Å². The van der Waals surface area contributed by atoms with Gasteiger partial charge in [0.2, 0.25) is 5.91 Å². The molecule has 1 heterocycles. The van der Waals surface area contributed by atoms with Crippen molar-refractivity contribution in [3.8, 4) is 0 Å². The van der Waals surface area contributed by atoms with Crippen LogP contribution < -0.4 is 10.6 Å². The van der Waals surface area contributed by atoms with Crippen molar-refractivity contribution in [2.45, 2.75) is 13.3 Å². The quantitative estimate of drug-likeness (QED) is 0.864. The highest BCUT2D eigenvalue weighted by Gasteiger charge is 2.14. The van der Waals surface area contributed by atoms with Crippen LogP contribution in [-0.2, 0) is 4.79 Å². The Morgan fingerprint density at radius 3 is 2.69 bits per heavy atom. The fraction of sp³-hybridized carbons (Fsp3) is 0.400. The summed E-state index contributed by atoms with van der Waals surface area (Å²) in [5.41, 5.74) is 0.892. The molecule has 0 bridgehead atoms. The molecule has 1 rings (SSSR count). The van der Waals surface area contributed by atoms with Crippen molar-refractivity contribution < 1.29 is 9.59 Å². The summed E-state index contributed by atoms with van der Waals surface area (Å²) >= 11 is 7.25. The van der Waals surface area contributed by atoms with E-state index < -0.39 is 0 Å². The standard InChI is InChI=1S/C10H13ClN2O2S/c1-6-5-16-9(8(6)11)10(15)13-4-3-7(14)12-2/h5H,3-4H2,1-2H3,(H,12,14)(H,13,15). The summed E-state index contributed by atoms with van der Waals surface area (Å²) < 4.78 is 0. The molecule has 1 aromatic heterocycles. The van der Waals surface area contributed by atoms with E-state index in [0.717, 1.165) is 5.56 Å². The maximum Gasteiger partial charge on any atom is 0.262 e.